The van der Waals surface area contributed by atoms with E-state index in [0.29, 0.717) is 31.2 Å². The summed E-state index contributed by atoms with van der Waals surface area (Å²) in [7, 11) is 0. The number of hydrogen-bond acceptors (Lipinski definition) is 4. The summed E-state index contributed by atoms with van der Waals surface area (Å²) in [5.41, 5.74) is 1.29. The molecule has 2 aromatic rings. The maximum absolute atomic E-state index is 12.8. The van der Waals surface area contributed by atoms with E-state index >= 15 is 0 Å². The van der Waals surface area contributed by atoms with Crippen LogP contribution in [0.1, 0.15) is 60.5 Å². The number of amides is 2. The first-order valence-electron chi connectivity index (χ1n) is 10.9. The Morgan fingerprint density at radius 1 is 1.10 bits per heavy atom. The average molecular weight is 405 g/mol. The molecule has 3 aliphatic rings. The molecule has 5 rings (SSSR count). The summed E-state index contributed by atoms with van der Waals surface area (Å²) in [6.07, 6.45) is 6.68. The fraction of sp³-hybridized carbons (Fsp3) is 0.458. The van der Waals surface area contributed by atoms with Crippen LogP contribution >= 0.6 is 0 Å². The fourth-order valence-electron chi connectivity index (χ4n) is 4.74. The zero-order chi connectivity index (χ0) is 20.6. The maximum Gasteiger partial charge on any atom is 0.272 e. The minimum Gasteiger partial charge on any atom is -0.487 e. The van der Waals surface area contributed by atoms with Crippen molar-refractivity contribution in [2.24, 2.45) is 0 Å². The molecule has 1 aromatic heterocycles. The summed E-state index contributed by atoms with van der Waals surface area (Å²) >= 11 is 0. The number of likely N-dealkylation sites (tertiary alicyclic amines) is 1. The Hall–Kier alpha value is -2.89. The summed E-state index contributed by atoms with van der Waals surface area (Å²) in [5.74, 6) is 1.14. The predicted molar refractivity (Wildman–Crippen MR) is 112 cm³/mol. The zero-order valence-corrected chi connectivity index (χ0v) is 17.0. The Balaban J connectivity index is 1.30. The van der Waals surface area contributed by atoms with Gasteiger partial charge in [0.1, 0.15) is 17.0 Å². The quantitative estimate of drug-likeness (QED) is 0.847. The van der Waals surface area contributed by atoms with E-state index < -0.39 is 0 Å². The van der Waals surface area contributed by atoms with E-state index in [9.17, 15) is 9.59 Å². The molecule has 0 bridgehead atoms. The number of pyridine rings is 1. The molecule has 1 saturated heterocycles. The van der Waals surface area contributed by atoms with Gasteiger partial charge in [0.15, 0.2) is 0 Å². The number of fused-ring (bicyclic) bond motifs is 1. The molecule has 0 unspecified atom stereocenters. The number of hydrogen-bond donors (Lipinski definition) is 1. The summed E-state index contributed by atoms with van der Waals surface area (Å²) in [5, 5.41) is 3.12. The van der Waals surface area contributed by atoms with E-state index in [0.717, 1.165) is 43.4 Å². The maximum atomic E-state index is 12.8. The number of aromatic nitrogens is 1. The van der Waals surface area contributed by atoms with Crippen LogP contribution < -0.4 is 10.1 Å². The number of ether oxygens (including phenoxy) is 1. The molecule has 3 heterocycles. The SMILES string of the molecule is O=C(C[C@@H]1CC2(CCN(C(=O)c3ccccn3)CC2)Oc2ccccc21)NC1CC1. The second-order valence-electron chi connectivity index (χ2n) is 8.78. The molecule has 6 nitrogen and oxygen atoms in total. The second-order valence-corrected chi connectivity index (χ2v) is 8.78. The molecule has 1 saturated carbocycles. The van der Waals surface area contributed by atoms with Crippen LogP contribution in [0.4, 0.5) is 0 Å². The number of benzene rings is 1. The van der Waals surface area contributed by atoms with Gasteiger partial charge < -0.3 is 15.0 Å². The Bertz CT molecular complexity index is 934. The van der Waals surface area contributed by atoms with Crippen LogP contribution in [-0.4, -0.2) is 46.4 Å². The van der Waals surface area contributed by atoms with Crippen molar-refractivity contribution >= 4 is 11.8 Å². The van der Waals surface area contributed by atoms with Gasteiger partial charge >= 0.3 is 0 Å². The van der Waals surface area contributed by atoms with Crippen molar-refractivity contribution in [3.05, 3.63) is 59.9 Å². The number of carbonyl (C=O) groups is 2. The lowest BCUT2D eigenvalue weighted by atomic mass is 9.76. The van der Waals surface area contributed by atoms with Crippen LogP contribution in [0.2, 0.25) is 0 Å². The van der Waals surface area contributed by atoms with Crippen LogP contribution in [0, 0.1) is 0 Å². The van der Waals surface area contributed by atoms with Crippen LogP contribution in [0.3, 0.4) is 0 Å². The standard InChI is InChI=1S/C24H27N3O3/c28-22(26-18-8-9-18)15-17-16-24(30-21-7-2-1-5-19(17)21)10-13-27(14-11-24)23(29)20-6-3-4-12-25-20/h1-7,12,17-18H,8-11,13-16H2,(H,26,28)/t17-/m1/s1. The Morgan fingerprint density at radius 2 is 1.87 bits per heavy atom. The van der Waals surface area contributed by atoms with Crippen LogP contribution in [0.15, 0.2) is 48.7 Å². The number of nitrogens with zero attached hydrogens (tertiary/aromatic N) is 2. The molecule has 1 atom stereocenters. The molecule has 1 aromatic carbocycles. The van der Waals surface area contributed by atoms with Gasteiger partial charge in [-0.3, -0.25) is 14.6 Å². The second kappa shape index (κ2) is 7.74. The van der Waals surface area contributed by atoms with Crippen molar-refractivity contribution in [2.45, 2.75) is 56.1 Å². The predicted octanol–water partition coefficient (Wildman–Crippen LogP) is 3.29. The first-order valence-corrected chi connectivity index (χ1v) is 10.9. The van der Waals surface area contributed by atoms with Gasteiger partial charge in [0, 0.05) is 50.5 Å². The lowest BCUT2D eigenvalue weighted by Crippen LogP contribution is -2.52. The van der Waals surface area contributed by atoms with E-state index in [1.165, 1.54) is 0 Å². The number of nitrogens with one attached hydrogen (secondary N) is 1. The highest BCUT2D eigenvalue weighted by Crippen LogP contribution is 2.46. The minimum atomic E-state index is -0.320. The van der Waals surface area contributed by atoms with E-state index in [-0.39, 0.29) is 23.3 Å². The molecule has 1 N–H and O–H groups in total. The number of para-hydroxylation sites is 1. The van der Waals surface area contributed by atoms with Crippen molar-refractivity contribution < 1.29 is 14.3 Å². The number of piperidine rings is 1. The van der Waals surface area contributed by atoms with Crippen LogP contribution in [0.5, 0.6) is 5.75 Å². The van der Waals surface area contributed by atoms with E-state index in [1.807, 2.05) is 35.2 Å². The van der Waals surface area contributed by atoms with E-state index in [2.05, 4.69) is 16.4 Å². The van der Waals surface area contributed by atoms with Gasteiger partial charge in [-0.1, -0.05) is 24.3 Å². The molecule has 2 amide bonds. The normalized spacial score (nSPS) is 22.1. The molecule has 30 heavy (non-hydrogen) atoms. The smallest absolute Gasteiger partial charge is 0.272 e. The molecule has 156 valence electrons. The number of carbonyl (C=O) groups excluding carboxylic acids is 2. The van der Waals surface area contributed by atoms with E-state index in [1.54, 1.807) is 12.3 Å². The summed E-state index contributed by atoms with van der Waals surface area (Å²) in [6.45, 7) is 1.27. The monoisotopic (exact) mass is 405 g/mol. The molecule has 2 fully saturated rings. The van der Waals surface area contributed by atoms with Crippen molar-refractivity contribution in [2.75, 3.05) is 13.1 Å². The Labute approximate surface area is 176 Å². The van der Waals surface area contributed by atoms with Crippen LogP contribution in [0.25, 0.3) is 0 Å². The van der Waals surface area contributed by atoms with Crippen molar-refractivity contribution in [1.82, 2.24) is 15.2 Å². The number of rotatable bonds is 4. The van der Waals surface area contributed by atoms with Crippen LogP contribution in [-0.2, 0) is 4.79 Å². The Kier molecular flexibility index (Phi) is 4.93. The van der Waals surface area contributed by atoms with Gasteiger partial charge in [-0.05, 0) is 43.0 Å². The molecular formula is C24H27N3O3. The van der Waals surface area contributed by atoms with Crippen molar-refractivity contribution in [3.63, 3.8) is 0 Å². The van der Waals surface area contributed by atoms with Crippen molar-refractivity contribution in [3.8, 4) is 5.75 Å². The largest absolute Gasteiger partial charge is 0.487 e. The summed E-state index contributed by atoms with van der Waals surface area (Å²) in [4.78, 5) is 31.3. The third-order valence-corrected chi connectivity index (χ3v) is 6.52. The topological polar surface area (TPSA) is 71.5 Å². The third-order valence-electron chi connectivity index (χ3n) is 6.52. The molecule has 1 spiro atoms. The van der Waals surface area contributed by atoms with Gasteiger partial charge in [-0.2, -0.15) is 0 Å². The highest BCUT2D eigenvalue weighted by atomic mass is 16.5. The first kappa shape index (κ1) is 19.1. The van der Waals surface area contributed by atoms with Gasteiger partial charge in [0.05, 0.1) is 0 Å². The lowest BCUT2D eigenvalue weighted by molar-refractivity contribution is -0.122. The lowest BCUT2D eigenvalue weighted by Gasteiger charge is -2.46. The highest BCUT2D eigenvalue weighted by Gasteiger charge is 2.44. The third kappa shape index (κ3) is 3.91. The molecule has 6 heteroatoms. The summed E-state index contributed by atoms with van der Waals surface area (Å²) in [6, 6.07) is 13.9. The minimum absolute atomic E-state index is 0.0259. The van der Waals surface area contributed by atoms with Gasteiger partial charge in [-0.15, -0.1) is 0 Å². The molecule has 2 aliphatic heterocycles. The van der Waals surface area contributed by atoms with Gasteiger partial charge in [-0.25, -0.2) is 0 Å². The highest BCUT2D eigenvalue weighted by molar-refractivity contribution is 5.92. The van der Waals surface area contributed by atoms with Crippen molar-refractivity contribution in [1.29, 1.82) is 0 Å². The molecular weight excluding hydrogens is 378 g/mol. The van der Waals surface area contributed by atoms with Gasteiger partial charge in [0.2, 0.25) is 5.91 Å². The van der Waals surface area contributed by atoms with Gasteiger partial charge in [0.25, 0.3) is 5.91 Å². The molecule has 0 radical (unpaired) electrons. The summed E-state index contributed by atoms with van der Waals surface area (Å²) < 4.78 is 6.51. The zero-order valence-electron chi connectivity index (χ0n) is 17.0. The Morgan fingerprint density at radius 3 is 2.60 bits per heavy atom. The van der Waals surface area contributed by atoms with E-state index in [4.69, 9.17) is 4.74 Å². The molecule has 1 aliphatic carbocycles. The average Bonchev–Trinajstić information content (AvgIpc) is 3.58. The first-order chi connectivity index (χ1) is 14.6. The fourth-order valence-corrected chi connectivity index (χ4v) is 4.74.